The van der Waals surface area contributed by atoms with E-state index in [1.54, 1.807) is 4.90 Å². The first-order chi connectivity index (χ1) is 7.10. The Morgan fingerprint density at radius 2 is 2.27 bits per heavy atom. The molecule has 0 bridgehead atoms. The molecular weight excluding hydrogens is 192 g/mol. The predicted molar refractivity (Wildman–Crippen MR) is 58.0 cm³/mol. The summed E-state index contributed by atoms with van der Waals surface area (Å²) in [5.41, 5.74) is 5.28. The van der Waals surface area contributed by atoms with Crippen LogP contribution in [0.3, 0.4) is 0 Å². The molecule has 1 heterocycles. The third kappa shape index (κ3) is 2.70. The largest absolute Gasteiger partial charge is 0.368 e. The van der Waals surface area contributed by atoms with Crippen molar-refractivity contribution in [3.63, 3.8) is 0 Å². The Morgan fingerprint density at radius 1 is 1.60 bits per heavy atom. The number of carbonyl (C=O) groups excluding carboxylic acids is 2. The number of nitrogens with two attached hydrogens (primary N) is 1. The number of rotatable bonds is 5. The van der Waals surface area contributed by atoms with Crippen LogP contribution in [0.15, 0.2) is 0 Å². The molecule has 1 fully saturated rings. The summed E-state index contributed by atoms with van der Waals surface area (Å²) in [6.45, 7) is 4.70. The number of hydrogen-bond donors (Lipinski definition) is 1. The third-order valence-corrected chi connectivity index (χ3v) is 3.03. The SMILES string of the molecule is CCC[C@H]1CC(=O)N([C@H](CC)C(N)=O)C1. The molecule has 86 valence electrons. The lowest BCUT2D eigenvalue weighted by molar-refractivity contribution is -0.136. The molecule has 2 N–H and O–H groups in total. The molecule has 1 aliphatic rings. The van der Waals surface area contributed by atoms with E-state index in [0.717, 1.165) is 12.8 Å². The highest BCUT2D eigenvalue weighted by Crippen LogP contribution is 2.24. The number of primary amides is 1. The van der Waals surface area contributed by atoms with Crippen molar-refractivity contribution in [2.45, 2.75) is 45.6 Å². The molecule has 4 nitrogen and oxygen atoms in total. The Kier molecular flexibility index (Phi) is 4.12. The maximum Gasteiger partial charge on any atom is 0.240 e. The van der Waals surface area contributed by atoms with Crippen molar-refractivity contribution in [3.8, 4) is 0 Å². The van der Waals surface area contributed by atoms with E-state index < -0.39 is 6.04 Å². The standard InChI is InChI=1S/C11H20N2O2/c1-3-5-8-6-10(14)13(7-8)9(4-2)11(12)15/h8-9H,3-7H2,1-2H3,(H2,12,15)/t8-,9+/m0/s1. The second-order valence-electron chi connectivity index (χ2n) is 4.23. The van der Waals surface area contributed by atoms with Gasteiger partial charge in [-0.05, 0) is 18.8 Å². The number of likely N-dealkylation sites (tertiary alicyclic amines) is 1. The van der Waals surface area contributed by atoms with Crippen molar-refractivity contribution in [2.24, 2.45) is 11.7 Å². The van der Waals surface area contributed by atoms with E-state index in [1.807, 2.05) is 6.92 Å². The van der Waals surface area contributed by atoms with E-state index in [1.165, 1.54) is 0 Å². The van der Waals surface area contributed by atoms with Gasteiger partial charge in [0.1, 0.15) is 6.04 Å². The Hall–Kier alpha value is -1.06. The van der Waals surface area contributed by atoms with E-state index >= 15 is 0 Å². The van der Waals surface area contributed by atoms with Gasteiger partial charge in [0, 0.05) is 13.0 Å². The molecule has 2 amide bonds. The van der Waals surface area contributed by atoms with Crippen LogP contribution in [0.25, 0.3) is 0 Å². The van der Waals surface area contributed by atoms with E-state index in [-0.39, 0.29) is 11.8 Å². The maximum absolute atomic E-state index is 11.7. The van der Waals surface area contributed by atoms with E-state index in [2.05, 4.69) is 6.92 Å². The molecule has 4 heteroatoms. The van der Waals surface area contributed by atoms with Gasteiger partial charge in [0.15, 0.2) is 0 Å². The van der Waals surface area contributed by atoms with Gasteiger partial charge < -0.3 is 10.6 Å². The molecule has 0 radical (unpaired) electrons. The van der Waals surface area contributed by atoms with Gasteiger partial charge in [-0.3, -0.25) is 9.59 Å². The zero-order valence-corrected chi connectivity index (χ0v) is 9.53. The lowest BCUT2D eigenvalue weighted by Crippen LogP contribution is -2.45. The topological polar surface area (TPSA) is 63.4 Å². The number of carbonyl (C=O) groups is 2. The molecule has 0 aromatic rings. The molecule has 0 aliphatic carbocycles. The van der Waals surface area contributed by atoms with Crippen LogP contribution in [0, 0.1) is 5.92 Å². The van der Waals surface area contributed by atoms with Gasteiger partial charge in [0.2, 0.25) is 11.8 Å². The molecule has 1 aliphatic heterocycles. The highest BCUT2D eigenvalue weighted by molar-refractivity contribution is 5.87. The van der Waals surface area contributed by atoms with Gasteiger partial charge in [-0.15, -0.1) is 0 Å². The Bertz CT molecular complexity index is 253. The highest BCUT2D eigenvalue weighted by Gasteiger charge is 2.35. The number of amides is 2. The summed E-state index contributed by atoms with van der Waals surface area (Å²) in [7, 11) is 0. The average molecular weight is 212 g/mol. The highest BCUT2D eigenvalue weighted by atomic mass is 16.2. The van der Waals surface area contributed by atoms with E-state index in [4.69, 9.17) is 5.73 Å². The number of nitrogens with zero attached hydrogens (tertiary/aromatic N) is 1. The fourth-order valence-corrected chi connectivity index (χ4v) is 2.29. The molecule has 0 aromatic heterocycles. The summed E-state index contributed by atoms with van der Waals surface area (Å²) in [4.78, 5) is 24.5. The maximum atomic E-state index is 11.7. The van der Waals surface area contributed by atoms with Crippen molar-refractivity contribution >= 4 is 11.8 Å². The smallest absolute Gasteiger partial charge is 0.240 e. The van der Waals surface area contributed by atoms with Gasteiger partial charge >= 0.3 is 0 Å². The quantitative estimate of drug-likeness (QED) is 0.736. The first-order valence-corrected chi connectivity index (χ1v) is 5.68. The molecule has 0 saturated carbocycles. The molecule has 0 aromatic carbocycles. The Balaban J connectivity index is 2.63. The minimum atomic E-state index is -0.403. The summed E-state index contributed by atoms with van der Waals surface area (Å²) in [6, 6.07) is -0.403. The van der Waals surface area contributed by atoms with Crippen LogP contribution >= 0.6 is 0 Å². The van der Waals surface area contributed by atoms with Crippen molar-refractivity contribution in [1.82, 2.24) is 4.90 Å². The lowest BCUT2D eigenvalue weighted by Gasteiger charge is -2.24. The average Bonchev–Trinajstić information content (AvgIpc) is 2.49. The monoisotopic (exact) mass is 212 g/mol. The molecular formula is C11H20N2O2. The van der Waals surface area contributed by atoms with Gasteiger partial charge in [0.25, 0.3) is 0 Å². The number of hydrogen-bond acceptors (Lipinski definition) is 2. The first-order valence-electron chi connectivity index (χ1n) is 5.68. The molecule has 0 unspecified atom stereocenters. The van der Waals surface area contributed by atoms with Crippen LogP contribution in [0.2, 0.25) is 0 Å². The van der Waals surface area contributed by atoms with Crippen LogP contribution in [-0.4, -0.2) is 29.3 Å². The summed E-state index contributed by atoms with van der Waals surface area (Å²) < 4.78 is 0. The van der Waals surface area contributed by atoms with Crippen LogP contribution in [0.4, 0.5) is 0 Å². The summed E-state index contributed by atoms with van der Waals surface area (Å²) >= 11 is 0. The van der Waals surface area contributed by atoms with E-state index in [0.29, 0.717) is 25.3 Å². The fraction of sp³-hybridized carbons (Fsp3) is 0.818. The van der Waals surface area contributed by atoms with Gasteiger partial charge in [-0.25, -0.2) is 0 Å². The van der Waals surface area contributed by atoms with Gasteiger partial charge in [-0.2, -0.15) is 0 Å². The second kappa shape index (κ2) is 5.14. The zero-order chi connectivity index (χ0) is 11.4. The molecule has 2 atom stereocenters. The third-order valence-electron chi connectivity index (χ3n) is 3.03. The van der Waals surface area contributed by atoms with Crippen LogP contribution in [-0.2, 0) is 9.59 Å². The molecule has 1 rings (SSSR count). The Morgan fingerprint density at radius 3 is 2.73 bits per heavy atom. The lowest BCUT2D eigenvalue weighted by atomic mass is 10.0. The van der Waals surface area contributed by atoms with Gasteiger partial charge in [-0.1, -0.05) is 20.3 Å². The van der Waals surface area contributed by atoms with Crippen molar-refractivity contribution < 1.29 is 9.59 Å². The van der Waals surface area contributed by atoms with Crippen molar-refractivity contribution in [1.29, 1.82) is 0 Å². The molecule has 15 heavy (non-hydrogen) atoms. The molecule has 1 saturated heterocycles. The van der Waals surface area contributed by atoms with Crippen LogP contribution in [0.5, 0.6) is 0 Å². The minimum absolute atomic E-state index is 0.0825. The summed E-state index contributed by atoms with van der Waals surface area (Å²) in [6.07, 6.45) is 3.33. The molecule has 0 spiro atoms. The second-order valence-corrected chi connectivity index (χ2v) is 4.23. The van der Waals surface area contributed by atoms with Crippen molar-refractivity contribution in [3.05, 3.63) is 0 Å². The minimum Gasteiger partial charge on any atom is -0.368 e. The van der Waals surface area contributed by atoms with Gasteiger partial charge in [0.05, 0.1) is 0 Å². The Labute approximate surface area is 90.8 Å². The van der Waals surface area contributed by atoms with Crippen LogP contribution < -0.4 is 5.73 Å². The first kappa shape index (κ1) is 12.0. The fourth-order valence-electron chi connectivity index (χ4n) is 2.29. The summed E-state index contributed by atoms with van der Waals surface area (Å²) in [5.74, 6) is 0.109. The zero-order valence-electron chi connectivity index (χ0n) is 9.53. The predicted octanol–water partition coefficient (Wildman–Crippen LogP) is 0.899. The van der Waals surface area contributed by atoms with Crippen LogP contribution in [0.1, 0.15) is 39.5 Å². The summed E-state index contributed by atoms with van der Waals surface area (Å²) in [5, 5.41) is 0. The normalized spacial score (nSPS) is 23.2. The van der Waals surface area contributed by atoms with E-state index in [9.17, 15) is 9.59 Å². The van der Waals surface area contributed by atoms with Crippen molar-refractivity contribution in [2.75, 3.05) is 6.54 Å².